The lowest BCUT2D eigenvalue weighted by molar-refractivity contribution is -0.120. The molecular formula is C40H41BrCl2N6O5. The van der Waals surface area contributed by atoms with Crippen molar-refractivity contribution in [1.29, 1.82) is 0 Å². The van der Waals surface area contributed by atoms with Crippen LogP contribution in [-0.2, 0) is 29.1 Å². The number of ether oxygens (including phenoxy) is 2. The molecule has 14 heteroatoms. The van der Waals surface area contributed by atoms with Gasteiger partial charge in [0, 0.05) is 72.4 Å². The number of methoxy groups -OCH3 is 1. The highest BCUT2D eigenvalue weighted by atomic mass is 79.9. The van der Waals surface area contributed by atoms with E-state index in [9.17, 15) is 14.4 Å². The lowest BCUT2D eigenvalue weighted by Gasteiger charge is -2.18. The van der Waals surface area contributed by atoms with Crippen molar-refractivity contribution >= 4 is 62.5 Å². The SMILES string of the molecule is COc1nc(O[C@H]2CCc3c(-c4cccc(C(=O)Nc5ccc(CNC[C@@H]6CCC(=O)N6)c(Br)c5)c4Cl)cccc32)c(Cl)cc1CNC[C@@H]1CCC(=O)N1. The summed E-state index contributed by atoms with van der Waals surface area (Å²) in [5.41, 5.74) is 6.61. The molecule has 282 valence electrons. The van der Waals surface area contributed by atoms with Crippen LogP contribution in [0.4, 0.5) is 5.69 Å². The van der Waals surface area contributed by atoms with Crippen LogP contribution in [0.2, 0.25) is 10.0 Å². The zero-order chi connectivity index (χ0) is 37.8. The van der Waals surface area contributed by atoms with Gasteiger partial charge in [-0.2, -0.15) is 4.98 Å². The molecule has 0 saturated carbocycles. The monoisotopic (exact) mass is 834 g/mol. The average Bonchev–Trinajstić information content (AvgIpc) is 3.89. The second kappa shape index (κ2) is 17.1. The number of halogens is 3. The van der Waals surface area contributed by atoms with Crippen molar-refractivity contribution in [3.8, 4) is 22.9 Å². The number of nitrogens with zero attached hydrogens (tertiary/aromatic N) is 1. The molecule has 3 atom stereocenters. The summed E-state index contributed by atoms with van der Waals surface area (Å²) in [6.07, 6.45) is 3.93. The maximum atomic E-state index is 13.6. The lowest BCUT2D eigenvalue weighted by atomic mass is 9.95. The summed E-state index contributed by atoms with van der Waals surface area (Å²) < 4.78 is 12.9. The van der Waals surface area contributed by atoms with Gasteiger partial charge in [-0.1, -0.05) is 75.5 Å². The number of aromatic nitrogens is 1. The van der Waals surface area contributed by atoms with Crippen molar-refractivity contribution in [2.75, 3.05) is 25.5 Å². The Labute approximate surface area is 332 Å². The molecule has 4 aromatic rings. The van der Waals surface area contributed by atoms with Crippen LogP contribution >= 0.6 is 39.1 Å². The van der Waals surface area contributed by atoms with Crippen LogP contribution in [0.1, 0.15) is 70.8 Å². The molecule has 7 rings (SSSR count). The second-order valence-electron chi connectivity index (χ2n) is 13.8. The van der Waals surface area contributed by atoms with E-state index in [1.165, 1.54) is 0 Å². The quantitative estimate of drug-likeness (QED) is 0.0926. The molecular weight excluding hydrogens is 795 g/mol. The molecule has 3 aromatic carbocycles. The summed E-state index contributed by atoms with van der Waals surface area (Å²) in [7, 11) is 1.56. The van der Waals surface area contributed by atoms with Gasteiger partial charge in [0.15, 0.2) is 0 Å². The van der Waals surface area contributed by atoms with E-state index in [-0.39, 0.29) is 41.8 Å². The van der Waals surface area contributed by atoms with Gasteiger partial charge in [0.05, 0.1) is 17.7 Å². The number of rotatable bonds is 14. The summed E-state index contributed by atoms with van der Waals surface area (Å²) >= 11 is 17.3. The minimum Gasteiger partial charge on any atom is -0.481 e. The molecule has 54 heavy (non-hydrogen) atoms. The number of carbonyl (C=O) groups excluding carboxylic acids is 3. The fourth-order valence-corrected chi connectivity index (χ4v) is 8.36. The number of pyridine rings is 1. The number of carbonyl (C=O) groups is 3. The Morgan fingerprint density at radius 1 is 0.852 bits per heavy atom. The summed E-state index contributed by atoms with van der Waals surface area (Å²) in [6, 6.07) is 19.3. The molecule has 0 bridgehead atoms. The zero-order valence-electron chi connectivity index (χ0n) is 29.7. The van der Waals surface area contributed by atoms with E-state index in [2.05, 4.69) is 47.5 Å². The summed E-state index contributed by atoms with van der Waals surface area (Å²) in [5, 5.41) is 16.4. The van der Waals surface area contributed by atoms with Crippen LogP contribution in [0.15, 0.2) is 65.1 Å². The lowest BCUT2D eigenvalue weighted by Crippen LogP contribution is -2.35. The third-order valence-electron chi connectivity index (χ3n) is 10.1. The highest BCUT2D eigenvalue weighted by Crippen LogP contribution is 2.43. The molecule has 1 aromatic heterocycles. The number of hydrogen-bond donors (Lipinski definition) is 5. The first kappa shape index (κ1) is 38.1. The fraction of sp³-hybridized carbons (Fsp3) is 0.350. The van der Waals surface area contributed by atoms with Crippen molar-refractivity contribution in [1.82, 2.24) is 26.3 Å². The zero-order valence-corrected chi connectivity index (χ0v) is 32.8. The molecule has 2 aliphatic heterocycles. The number of nitrogens with one attached hydrogen (secondary N) is 5. The van der Waals surface area contributed by atoms with Crippen molar-refractivity contribution in [3.05, 3.63) is 103 Å². The predicted molar refractivity (Wildman–Crippen MR) is 212 cm³/mol. The van der Waals surface area contributed by atoms with E-state index in [1.54, 1.807) is 19.2 Å². The number of hydrogen-bond acceptors (Lipinski definition) is 8. The first-order chi connectivity index (χ1) is 26.2. The third kappa shape index (κ3) is 8.68. The van der Waals surface area contributed by atoms with Gasteiger partial charge >= 0.3 is 0 Å². The van der Waals surface area contributed by atoms with Gasteiger partial charge in [-0.3, -0.25) is 14.4 Å². The van der Waals surface area contributed by atoms with E-state index in [1.807, 2.05) is 48.5 Å². The fourth-order valence-electron chi connectivity index (χ4n) is 7.31. The Balaban J connectivity index is 1.01. The van der Waals surface area contributed by atoms with E-state index in [0.717, 1.165) is 57.1 Å². The topological polar surface area (TPSA) is 143 Å². The first-order valence-electron chi connectivity index (χ1n) is 18.1. The molecule has 1 aliphatic carbocycles. The molecule has 3 amide bonds. The van der Waals surface area contributed by atoms with Crippen LogP contribution in [0.5, 0.6) is 11.8 Å². The predicted octanol–water partition coefficient (Wildman–Crippen LogP) is 6.88. The molecule has 0 unspecified atom stereocenters. The van der Waals surface area contributed by atoms with E-state index >= 15 is 0 Å². The van der Waals surface area contributed by atoms with Crippen molar-refractivity contribution in [3.63, 3.8) is 0 Å². The first-order valence-corrected chi connectivity index (χ1v) is 19.6. The van der Waals surface area contributed by atoms with Crippen molar-refractivity contribution in [2.24, 2.45) is 0 Å². The maximum Gasteiger partial charge on any atom is 0.257 e. The van der Waals surface area contributed by atoms with Crippen LogP contribution in [-0.4, -0.2) is 55.0 Å². The van der Waals surface area contributed by atoms with Crippen molar-refractivity contribution in [2.45, 2.75) is 69.8 Å². The molecule has 5 N–H and O–H groups in total. The van der Waals surface area contributed by atoms with E-state index < -0.39 is 0 Å². The van der Waals surface area contributed by atoms with Gasteiger partial charge in [0.1, 0.15) is 11.1 Å². The minimum atomic E-state index is -0.316. The third-order valence-corrected chi connectivity index (χ3v) is 11.5. The second-order valence-corrected chi connectivity index (χ2v) is 15.4. The van der Waals surface area contributed by atoms with Crippen molar-refractivity contribution < 1.29 is 23.9 Å². The Bertz CT molecular complexity index is 2080. The number of fused-ring (bicyclic) bond motifs is 1. The molecule has 3 aliphatic rings. The highest BCUT2D eigenvalue weighted by Gasteiger charge is 2.29. The number of anilines is 1. The van der Waals surface area contributed by atoms with Gasteiger partial charge in [0.2, 0.25) is 23.6 Å². The summed E-state index contributed by atoms with van der Waals surface area (Å²) in [6.45, 7) is 2.43. The largest absolute Gasteiger partial charge is 0.481 e. The maximum absolute atomic E-state index is 13.6. The normalized spacial score (nSPS) is 19.0. The molecule has 2 saturated heterocycles. The van der Waals surface area contributed by atoms with E-state index in [0.29, 0.717) is 72.6 Å². The Kier molecular flexibility index (Phi) is 12.0. The molecule has 2 fully saturated rings. The standard InChI is InChI=1S/C40H41BrCl2N6O5/c1-53-39-23(19-45-21-26-11-15-36(51)47-26)16-33(42)40(49-39)54-34-13-12-28-27(4-2-5-29(28)34)30-6-3-7-31(37(30)43)38(52)48-24-9-8-22(32(41)17-24)18-44-20-25-10-14-35(50)46-25/h2-9,16-17,25-26,34,44-45H,10-15,18-21H2,1H3,(H,46,50)(H,47,51)(H,48,52)/t25-,26-,34-/m0/s1. The van der Waals surface area contributed by atoms with Gasteiger partial charge in [-0.05, 0) is 72.2 Å². The van der Waals surface area contributed by atoms with Gasteiger partial charge in [0.25, 0.3) is 5.91 Å². The minimum absolute atomic E-state index is 0.0799. The van der Waals surface area contributed by atoms with Gasteiger partial charge < -0.3 is 36.1 Å². The van der Waals surface area contributed by atoms with Crippen LogP contribution in [0.3, 0.4) is 0 Å². The van der Waals surface area contributed by atoms with Gasteiger partial charge in [-0.15, -0.1) is 0 Å². The number of benzene rings is 3. The smallest absolute Gasteiger partial charge is 0.257 e. The van der Waals surface area contributed by atoms with Gasteiger partial charge in [-0.25, -0.2) is 0 Å². The Morgan fingerprint density at radius 2 is 1.54 bits per heavy atom. The molecule has 11 nitrogen and oxygen atoms in total. The number of amides is 3. The molecule has 0 spiro atoms. The molecule has 3 heterocycles. The van der Waals surface area contributed by atoms with E-state index in [4.69, 9.17) is 32.7 Å². The van der Waals surface area contributed by atoms with Crippen LogP contribution in [0.25, 0.3) is 11.1 Å². The summed E-state index contributed by atoms with van der Waals surface area (Å²) in [5.74, 6) is 0.566. The Hall–Kier alpha value is -4.20. The average molecular weight is 837 g/mol. The summed E-state index contributed by atoms with van der Waals surface area (Å²) in [4.78, 5) is 41.2. The highest BCUT2D eigenvalue weighted by molar-refractivity contribution is 9.10. The molecule has 0 radical (unpaired) electrons. The van der Waals surface area contributed by atoms with Crippen LogP contribution < -0.4 is 36.1 Å². The Morgan fingerprint density at radius 3 is 2.20 bits per heavy atom. The van der Waals surface area contributed by atoms with Crippen LogP contribution in [0, 0.1) is 0 Å².